The zero-order chi connectivity index (χ0) is 15.0. The highest BCUT2D eigenvalue weighted by atomic mass is 19.1. The predicted molar refractivity (Wildman–Crippen MR) is 83.3 cm³/mol. The van der Waals surface area contributed by atoms with Crippen LogP contribution in [-0.4, -0.2) is 48.8 Å². The Morgan fingerprint density at radius 2 is 2.19 bits per heavy atom. The van der Waals surface area contributed by atoms with E-state index >= 15 is 0 Å². The molecule has 0 unspecified atom stereocenters. The number of likely N-dealkylation sites (tertiary alicyclic amines) is 1. The second-order valence-corrected chi connectivity index (χ2v) is 6.74. The lowest BCUT2D eigenvalue weighted by Crippen LogP contribution is -2.47. The second kappa shape index (κ2) is 5.93. The van der Waals surface area contributed by atoms with E-state index in [1.54, 1.807) is 12.1 Å². The number of rotatable bonds is 4. The Hall–Kier alpha value is -1.13. The largest absolute Gasteiger partial charge is 0.395 e. The quantitative estimate of drug-likeness (QED) is 0.923. The van der Waals surface area contributed by atoms with Crippen LogP contribution in [0.1, 0.15) is 31.7 Å². The molecule has 1 aromatic carbocycles. The van der Waals surface area contributed by atoms with Gasteiger partial charge in [-0.05, 0) is 36.1 Å². The van der Waals surface area contributed by atoms with Crippen molar-refractivity contribution in [3.05, 3.63) is 29.6 Å². The minimum Gasteiger partial charge on any atom is -0.395 e. The molecular formula is C17H25FN2O. The number of aliphatic hydroxyl groups is 1. The van der Waals surface area contributed by atoms with Crippen molar-refractivity contribution in [2.45, 2.75) is 32.2 Å². The van der Waals surface area contributed by atoms with Gasteiger partial charge in [-0.15, -0.1) is 0 Å². The van der Waals surface area contributed by atoms with E-state index in [-0.39, 0.29) is 12.4 Å². The highest BCUT2D eigenvalue weighted by Gasteiger charge is 2.41. The molecule has 0 radical (unpaired) electrons. The van der Waals surface area contributed by atoms with Crippen LogP contribution in [0.25, 0.3) is 0 Å². The van der Waals surface area contributed by atoms with Crippen LogP contribution in [-0.2, 0) is 0 Å². The lowest BCUT2D eigenvalue weighted by Gasteiger charge is -2.39. The molecule has 1 fully saturated rings. The number of fused-ring (bicyclic) bond motifs is 3. The summed E-state index contributed by atoms with van der Waals surface area (Å²) in [6.45, 7) is 8.36. The van der Waals surface area contributed by atoms with Crippen molar-refractivity contribution in [1.29, 1.82) is 0 Å². The van der Waals surface area contributed by atoms with Crippen molar-refractivity contribution in [1.82, 2.24) is 4.90 Å². The van der Waals surface area contributed by atoms with Gasteiger partial charge < -0.3 is 14.9 Å². The molecule has 0 aromatic heterocycles. The first-order valence-corrected chi connectivity index (χ1v) is 7.99. The maximum Gasteiger partial charge on any atom is 0.123 e. The number of benzene rings is 1. The normalized spacial score (nSPS) is 25.3. The number of piperidine rings is 1. The molecule has 2 aliphatic rings. The Morgan fingerprint density at radius 3 is 2.90 bits per heavy atom. The molecule has 4 heteroatoms. The molecule has 1 saturated heterocycles. The number of nitrogens with zero attached hydrogens (tertiary/aromatic N) is 2. The Kier molecular flexibility index (Phi) is 4.18. The first-order chi connectivity index (χ1) is 10.1. The van der Waals surface area contributed by atoms with Crippen LogP contribution in [0.3, 0.4) is 0 Å². The van der Waals surface area contributed by atoms with E-state index in [1.807, 2.05) is 6.07 Å². The molecule has 2 atom stereocenters. The summed E-state index contributed by atoms with van der Waals surface area (Å²) in [6, 6.07) is 5.73. The fourth-order valence-corrected chi connectivity index (χ4v) is 3.92. The highest BCUT2D eigenvalue weighted by molar-refractivity contribution is 5.62. The highest BCUT2D eigenvalue weighted by Crippen LogP contribution is 2.45. The summed E-state index contributed by atoms with van der Waals surface area (Å²) in [4.78, 5) is 4.79. The maximum absolute atomic E-state index is 13.7. The zero-order valence-corrected chi connectivity index (χ0v) is 12.9. The number of halogens is 1. The Balaban J connectivity index is 1.90. The molecule has 21 heavy (non-hydrogen) atoms. The summed E-state index contributed by atoms with van der Waals surface area (Å²) in [7, 11) is 0. The van der Waals surface area contributed by atoms with Gasteiger partial charge in [-0.25, -0.2) is 4.39 Å². The van der Waals surface area contributed by atoms with Crippen molar-refractivity contribution in [3.8, 4) is 0 Å². The van der Waals surface area contributed by atoms with Gasteiger partial charge in [-0.2, -0.15) is 0 Å². The number of aliphatic hydroxyl groups excluding tert-OH is 1. The van der Waals surface area contributed by atoms with E-state index in [1.165, 1.54) is 5.69 Å². The summed E-state index contributed by atoms with van der Waals surface area (Å²) in [6.07, 6.45) is 1.09. The van der Waals surface area contributed by atoms with Gasteiger partial charge in [-0.1, -0.05) is 13.8 Å². The molecule has 0 aliphatic carbocycles. The van der Waals surface area contributed by atoms with E-state index in [0.29, 0.717) is 17.9 Å². The number of hydrogen-bond donors (Lipinski definition) is 1. The van der Waals surface area contributed by atoms with E-state index in [4.69, 9.17) is 5.11 Å². The van der Waals surface area contributed by atoms with Crippen LogP contribution in [0.5, 0.6) is 0 Å². The monoisotopic (exact) mass is 292 g/mol. The Morgan fingerprint density at radius 1 is 1.38 bits per heavy atom. The van der Waals surface area contributed by atoms with Gasteiger partial charge >= 0.3 is 0 Å². The molecule has 1 aromatic rings. The fraction of sp³-hybridized carbons (Fsp3) is 0.647. The first-order valence-electron chi connectivity index (χ1n) is 7.99. The van der Waals surface area contributed by atoms with Crippen molar-refractivity contribution in [3.63, 3.8) is 0 Å². The third-order valence-electron chi connectivity index (χ3n) is 4.74. The lowest BCUT2D eigenvalue weighted by molar-refractivity contribution is 0.152. The first kappa shape index (κ1) is 14.8. The zero-order valence-electron chi connectivity index (χ0n) is 12.9. The van der Waals surface area contributed by atoms with E-state index in [0.717, 1.165) is 38.2 Å². The molecule has 2 heterocycles. The van der Waals surface area contributed by atoms with Gasteiger partial charge in [0, 0.05) is 43.8 Å². The summed E-state index contributed by atoms with van der Waals surface area (Å²) >= 11 is 0. The molecule has 3 nitrogen and oxygen atoms in total. The van der Waals surface area contributed by atoms with E-state index in [9.17, 15) is 4.39 Å². The Bertz CT molecular complexity index is 506. The molecule has 3 rings (SSSR count). The van der Waals surface area contributed by atoms with Crippen molar-refractivity contribution >= 4 is 5.69 Å². The molecular weight excluding hydrogens is 267 g/mol. The minimum absolute atomic E-state index is 0.141. The van der Waals surface area contributed by atoms with Crippen molar-refractivity contribution in [2.24, 2.45) is 5.92 Å². The number of hydrogen-bond acceptors (Lipinski definition) is 3. The average molecular weight is 292 g/mol. The predicted octanol–water partition coefficient (Wildman–Crippen LogP) is 2.45. The smallest absolute Gasteiger partial charge is 0.123 e. The number of anilines is 1. The molecule has 2 aliphatic heterocycles. The van der Waals surface area contributed by atoms with Gasteiger partial charge in [-0.3, -0.25) is 0 Å². The summed E-state index contributed by atoms with van der Waals surface area (Å²) < 4.78 is 13.7. The topological polar surface area (TPSA) is 26.7 Å². The van der Waals surface area contributed by atoms with Gasteiger partial charge in [0.1, 0.15) is 5.82 Å². The van der Waals surface area contributed by atoms with Gasteiger partial charge in [0.25, 0.3) is 0 Å². The van der Waals surface area contributed by atoms with Crippen LogP contribution >= 0.6 is 0 Å². The Labute approximate surface area is 126 Å². The maximum atomic E-state index is 13.7. The minimum atomic E-state index is -0.141. The molecule has 0 bridgehead atoms. The van der Waals surface area contributed by atoms with Crippen LogP contribution in [0.15, 0.2) is 18.2 Å². The number of β-amino-alcohol motifs (C(OH)–C–C–N with tert-alkyl or cyclic N) is 1. The summed E-state index contributed by atoms with van der Waals surface area (Å²) in [5, 5.41) is 9.16. The third-order valence-corrected chi connectivity index (χ3v) is 4.74. The second-order valence-electron chi connectivity index (χ2n) is 6.74. The lowest BCUT2D eigenvalue weighted by atomic mass is 9.89. The van der Waals surface area contributed by atoms with Crippen molar-refractivity contribution < 1.29 is 9.50 Å². The molecule has 0 saturated carbocycles. The molecule has 0 amide bonds. The van der Waals surface area contributed by atoms with Gasteiger partial charge in [0.2, 0.25) is 0 Å². The van der Waals surface area contributed by atoms with Crippen LogP contribution in [0.2, 0.25) is 0 Å². The van der Waals surface area contributed by atoms with Crippen molar-refractivity contribution in [2.75, 3.05) is 37.7 Å². The summed E-state index contributed by atoms with van der Waals surface area (Å²) in [5.41, 5.74) is 2.37. The average Bonchev–Trinajstić information content (AvgIpc) is 2.72. The molecule has 116 valence electrons. The SMILES string of the molecule is CC(C)CN1c2ccc(F)cc2[C@@H]2CN(CCO)CC[C@@H]21. The fourth-order valence-electron chi connectivity index (χ4n) is 3.92. The van der Waals surface area contributed by atoms with Crippen LogP contribution < -0.4 is 4.90 Å². The van der Waals surface area contributed by atoms with E-state index < -0.39 is 0 Å². The summed E-state index contributed by atoms with van der Waals surface area (Å²) in [5.74, 6) is 0.824. The van der Waals surface area contributed by atoms with E-state index in [2.05, 4.69) is 23.6 Å². The standard InChI is InChI=1S/C17H25FN2O/c1-12(2)10-20-16-4-3-13(18)9-14(16)15-11-19(7-8-21)6-5-17(15)20/h3-4,9,12,15,17,21H,5-8,10-11H2,1-2H3/t15-,17-/m0/s1. The van der Waals surface area contributed by atoms with Gasteiger partial charge in [0.15, 0.2) is 0 Å². The third kappa shape index (κ3) is 2.79. The molecule has 1 N–H and O–H groups in total. The molecule has 0 spiro atoms. The van der Waals surface area contributed by atoms with Crippen LogP contribution in [0, 0.1) is 11.7 Å². The van der Waals surface area contributed by atoms with Gasteiger partial charge in [0.05, 0.1) is 6.61 Å². The van der Waals surface area contributed by atoms with Crippen LogP contribution in [0.4, 0.5) is 10.1 Å².